The first kappa shape index (κ1) is 24.3. The molecular weight excluding hydrogens is 486 g/mol. The lowest BCUT2D eigenvalue weighted by atomic mass is 10.2. The third kappa shape index (κ3) is 5.87. The molecule has 0 saturated heterocycles. The smallest absolute Gasteiger partial charge is 0.274 e. The van der Waals surface area contributed by atoms with Crippen LogP contribution in [0.25, 0.3) is 16.7 Å². The molecule has 3 aromatic heterocycles. The van der Waals surface area contributed by atoms with Crippen molar-refractivity contribution in [2.24, 2.45) is 0 Å². The Labute approximate surface area is 216 Å². The molecule has 38 heavy (non-hydrogen) atoms. The number of fused-ring (bicyclic) bond motifs is 1. The summed E-state index contributed by atoms with van der Waals surface area (Å²) in [7, 11) is 0. The van der Waals surface area contributed by atoms with E-state index in [2.05, 4.69) is 36.2 Å². The van der Waals surface area contributed by atoms with Gasteiger partial charge in [0.05, 0.1) is 5.52 Å². The van der Waals surface area contributed by atoms with E-state index in [9.17, 15) is 14.4 Å². The Morgan fingerprint density at radius 3 is 2.42 bits per heavy atom. The molecule has 0 spiro atoms. The van der Waals surface area contributed by atoms with Gasteiger partial charge in [-0.25, -0.2) is 4.98 Å². The molecule has 0 aliphatic rings. The third-order valence-corrected chi connectivity index (χ3v) is 5.53. The van der Waals surface area contributed by atoms with Gasteiger partial charge in [0.25, 0.3) is 11.8 Å². The zero-order chi connectivity index (χ0) is 26.3. The summed E-state index contributed by atoms with van der Waals surface area (Å²) >= 11 is 0. The van der Waals surface area contributed by atoms with Gasteiger partial charge >= 0.3 is 0 Å². The molecule has 3 heterocycles. The number of aromatic nitrogens is 6. The summed E-state index contributed by atoms with van der Waals surface area (Å²) in [5.41, 5.74) is 2.05. The highest BCUT2D eigenvalue weighted by Gasteiger charge is 2.12. The second kappa shape index (κ2) is 11.1. The van der Waals surface area contributed by atoms with E-state index in [1.54, 1.807) is 71.4 Å². The van der Waals surface area contributed by atoms with Crippen LogP contribution >= 0.6 is 0 Å². The van der Waals surface area contributed by atoms with E-state index >= 15 is 0 Å². The minimum atomic E-state index is -0.370. The van der Waals surface area contributed by atoms with Crippen molar-refractivity contribution in [2.45, 2.75) is 6.54 Å². The monoisotopic (exact) mass is 509 g/mol. The van der Waals surface area contributed by atoms with E-state index in [-0.39, 0.29) is 30.0 Å². The summed E-state index contributed by atoms with van der Waals surface area (Å²) in [5, 5.41) is 21.0. The summed E-state index contributed by atoms with van der Waals surface area (Å²) < 4.78 is 3.13. The van der Waals surface area contributed by atoms with Crippen LogP contribution in [0.2, 0.25) is 0 Å². The summed E-state index contributed by atoms with van der Waals surface area (Å²) in [4.78, 5) is 41.5. The van der Waals surface area contributed by atoms with E-state index in [0.717, 1.165) is 5.39 Å². The Morgan fingerprint density at radius 2 is 1.61 bits per heavy atom. The van der Waals surface area contributed by atoms with Crippen LogP contribution in [0.4, 0.5) is 5.69 Å². The Hall–Kier alpha value is -5.39. The Kier molecular flexibility index (Phi) is 7.11. The van der Waals surface area contributed by atoms with Gasteiger partial charge in [0.15, 0.2) is 0 Å². The molecule has 0 unspecified atom stereocenters. The molecule has 5 rings (SSSR count). The van der Waals surface area contributed by atoms with Crippen LogP contribution in [0, 0.1) is 0 Å². The number of carbonyl (C=O) groups is 3. The predicted molar refractivity (Wildman–Crippen MR) is 139 cm³/mol. The number of carbonyl (C=O) groups excluding carboxylic acids is 3. The molecule has 0 fully saturated rings. The fraction of sp³-hybridized carbons (Fsp3) is 0.115. The van der Waals surface area contributed by atoms with Gasteiger partial charge in [0.2, 0.25) is 5.91 Å². The van der Waals surface area contributed by atoms with Crippen LogP contribution in [0.3, 0.4) is 0 Å². The van der Waals surface area contributed by atoms with Gasteiger partial charge in [-0.05, 0) is 42.5 Å². The lowest BCUT2D eigenvalue weighted by Crippen LogP contribution is -2.36. The maximum atomic E-state index is 12.8. The molecule has 2 aromatic carbocycles. The lowest BCUT2D eigenvalue weighted by Gasteiger charge is -2.07. The van der Waals surface area contributed by atoms with Crippen LogP contribution in [-0.2, 0) is 11.3 Å². The van der Waals surface area contributed by atoms with Crippen molar-refractivity contribution >= 4 is 34.3 Å². The zero-order valence-corrected chi connectivity index (χ0v) is 20.1. The standard InChI is InChI=1S/C26H23N9O3/c36-24(27-11-12-28-25(37)18-5-2-1-3-6-18)15-35-14-19-13-20(9-10-21(19)33-35)31-26(38)22-7-4-8-23(32-22)34-16-29-30-17-34/h1-10,13-14,16-17H,11-12,15H2,(H,27,36)(H,28,37)(H,31,38). The number of hydrogen-bond acceptors (Lipinski definition) is 7. The first-order valence-electron chi connectivity index (χ1n) is 11.8. The van der Waals surface area contributed by atoms with Gasteiger partial charge in [-0.1, -0.05) is 24.3 Å². The van der Waals surface area contributed by atoms with Crippen molar-refractivity contribution in [1.82, 2.24) is 40.2 Å². The second-order valence-electron chi connectivity index (χ2n) is 8.28. The SMILES string of the molecule is O=C(Cn1cc2cc(NC(=O)c3cccc(-n4cnnc4)n3)ccc2n1)NCCNC(=O)c1ccccc1. The van der Waals surface area contributed by atoms with Crippen molar-refractivity contribution in [1.29, 1.82) is 0 Å². The maximum Gasteiger partial charge on any atom is 0.274 e. The minimum absolute atomic E-state index is 0.0167. The second-order valence-corrected chi connectivity index (χ2v) is 8.28. The van der Waals surface area contributed by atoms with E-state index in [1.807, 2.05) is 6.07 Å². The average Bonchev–Trinajstić information content (AvgIpc) is 3.61. The molecule has 0 saturated carbocycles. The number of hydrogen-bond donors (Lipinski definition) is 3. The molecule has 0 bridgehead atoms. The number of rotatable bonds is 9. The van der Waals surface area contributed by atoms with Gasteiger partial charge in [-0.2, -0.15) is 5.10 Å². The van der Waals surface area contributed by atoms with Crippen molar-refractivity contribution in [3.8, 4) is 5.82 Å². The number of amides is 3. The summed E-state index contributed by atoms with van der Waals surface area (Å²) in [6, 6.07) is 19.2. The van der Waals surface area contributed by atoms with Crippen molar-refractivity contribution in [3.63, 3.8) is 0 Å². The number of pyridine rings is 1. The molecule has 12 heteroatoms. The van der Waals surface area contributed by atoms with E-state index < -0.39 is 0 Å². The first-order chi connectivity index (χ1) is 18.5. The van der Waals surface area contributed by atoms with E-state index in [1.165, 1.54) is 17.3 Å². The van der Waals surface area contributed by atoms with Gasteiger partial charge in [0, 0.05) is 35.9 Å². The average molecular weight is 510 g/mol. The summed E-state index contributed by atoms with van der Waals surface area (Å²) in [6.45, 7) is 0.615. The number of benzene rings is 2. The number of nitrogens with one attached hydrogen (secondary N) is 3. The predicted octanol–water partition coefficient (Wildman–Crippen LogP) is 1.81. The van der Waals surface area contributed by atoms with Gasteiger partial charge in [-0.3, -0.25) is 23.6 Å². The summed E-state index contributed by atoms with van der Waals surface area (Å²) in [6.07, 6.45) is 4.73. The molecule has 3 amide bonds. The van der Waals surface area contributed by atoms with Crippen LogP contribution in [0.1, 0.15) is 20.8 Å². The van der Waals surface area contributed by atoms with E-state index in [4.69, 9.17) is 0 Å². The van der Waals surface area contributed by atoms with Crippen LogP contribution in [-0.4, -0.2) is 60.3 Å². The number of nitrogens with zero attached hydrogens (tertiary/aromatic N) is 6. The maximum absolute atomic E-state index is 12.8. The van der Waals surface area contributed by atoms with Gasteiger partial charge in [0.1, 0.15) is 30.7 Å². The van der Waals surface area contributed by atoms with Crippen molar-refractivity contribution in [2.75, 3.05) is 18.4 Å². The van der Waals surface area contributed by atoms with Gasteiger partial charge in [-0.15, -0.1) is 10.2 Å². The molecule has 0 aliphatic heterocycles. The fourth-order valence-corrected chi connectivity index (χ4v) is 3.72. The highest BCUT2D eigenvalue weighted by Crippen LogP contribution is 2.19. The zero-order valence-electron chi connectivity index (χ0n) is 20.1. The molecular formula is C26H23N9O3. The molecule has 0 atom stereocenters. The van der Waals surface area contributed by atoms with E-state index in [0.29, 0.717) is 35.7 Å². The van der Waals surface area contributed by atoms with Crippen molar-refractivity contribution < 1.29 is 14.4 Å². The first-order valence-corrected chi connectivity index (χ1v) is 11.8. The molecule has 0 aliphatic carbocycles. The van der Waals surface area contributed by atoms with Crippen LogP contribution in [0.15, 0.2) is 85.6 Å². The minimum Gasteiger partial charge on any atom is -0.353 e. The van der Waals surface area contributed by atoms with Crippen molar-refractivity contribution in [3.05, 3.63) is 96.8 Å². The largest absolute Gasteiger partial charge is 0.353 e. The van der Waals surface area contributed by atoms with Crippen LogP contribution in [0.5, 0.6) is 0 Å². The highest BCUT2D eigenvalue weighted by atomic mass is 16.2. The highest BCUT2D eigenvalue weighted by molar-refractivity contribution is 6.04. The Balaban J connectivity index is 1.14. The topological polar surface area (TPSA) is 149 Å². The number of anilines is 1. The molecule has 5 aromatic rings. The molecule has 3 N–H and O–H groups in total. The lowest BCUT2D eigenvalue weighted by molar-refractivity contribution is -0.121. The summed E-state index contributed by atoms with van der Waals surface area (Å²) in [5.74, 6) is -0.277. The fourth-order valence-electron chi connectivity index (χ4n) is 3.72. The van der Waals surface area contributed by atoms with Crippen LogP contribution < -0.4 is 16.0 Å². The normalized spacial score (nSPS) is 10.7. The molecule has 12 nitrogen and oxygen atoms in total. The Morgan fingerprint density at radius 1 is 0.816 bits per heavy atom. The van der Waals surface area contributed by atoms with Gasteiger partial charge < -0.3 is 16.0 Å². The Bertz CT molecular complexity index is 1580. The molecule has 190 valence electrons. The molecule has 0 radical (unpaired) electrons. The quantitative estimate of drug-likeness (QED) is 0.257. The third-order valence-electron chi connectivity index (χ3n) is 5.53.